The predicted octanol–water partition coefficient (Wildman–Crippen LogP) is 1.79. The van der Waals surface area contributed by atoms with E-state index in [0.29, 0.717) is 26.2 Å². The summed E-state index contributed by atoms with van der Waals surface area (Å²) in [6.45, 7) is 4.39. The maximum absolute atomic E-state index is 12.6. The van der Waals surface area contributed by atoms with Crippen molar-refractivity contribution in [3.05, 3.63) is 35.9 Å². The van der Waals surface area contributed by atoms with Gasteiger partial charge in [0.15, 0.2) is 0 Å². The third-order valence-electron chi connectivity index (χ3n) is 3.64. The van der Waals surface area contributed by atoms with Crippen LogP contribution in [0.5, 0.6) is 0 Å². The minimum Gasteiger partial charge on any atom is -0.375 e. The molecule has 2 unspecified atom stereocenters. The summed E-state index contributed by atoms with van der Waals surface area (Å²) in [6.07, 6.45) is 1.09. The fourth-order valence-electron chi connectivity index (χ4n) is 2.45. The van der Waals surface area contributed by atoms with Gasteiger partial charge in [-0.1, -0.05) is 37.3 Å². The zero-order valence-electron chi connectivity index (χ0n) is 11.8. The molecular weight excluding hydrogens is 276 g/mol. The molecule has 1 aromatic rings. The molecule has 20 heavy (non-hydrogen) atoms. The fourth-order valence-corrected chi connectivity index (χ4v) is 2.45. The van der Waals surface area contributed by atoms with Gasteiger partial charge in [-0.05, 0) is 12.0 Å². The summed E-state index contributed by atoms with van der Waals surface area (Å²) in [5.41, 5.74) is 6.80. The van der Waals surface area contributed by atoms with Crippen LogP contribution in [-0.2, 0) is 9.53 Å². The minimum absolute atomic E-state index is 0. The number of amides is 1. The quantitative estimate of drug-likeness (QED) is 0.922. The van der Waals surface area contributed by atoms with Gasteiger partial charge < -0.3 is 15.4 Å². The van der Waals surface area contributed by atoms with E-state index in [1.807, 2.05) is 35.2 Å². The largest absolute Gasteiger partial charge is 0.375 e. The third kappa shape index (κ3) is 3.95. The lowest BCUT2D eigenvalue weighted by Gasteiger charge is -2.34. The van der Waals surface area contributed by atoms with E-state index in [-0.39, 0.29) is 30.3 Å². The SMILES string of the molecule is CCC1CN(C(=O)C(CN)c2ccccc2)CCO1.Cl. The van der Waals surface area contributed by atoms with Crippen molar-refractivity contribution in [3.63, 3.8) is 0 Å². The number of morpholine rings is 1. The Morgan fingerprint density at radius 2 is 2.15 bits per heavy atom. The molecule has 5 heteroatoms. The molecule has 2 rings (SSSR count). The highest BCUT2D eigenvalue weighted by atomic mass is 35.5. The maximum atomic E-state index is 12.6. The van der Waals surface area contributed by atoms with Crippen molar-refractivity contribution >= 4 is 18.3 Å². The number of nitrogens with zero attached hydrogens (tertiary/aromatic N) is 1. The van der Waals surface area contributed by atoms with Gasteiger partial charge >= 0.3 is 0 Å². The standard InChI is InChI=1S/C15H22N2O2.ClH/c1-2-13-11-17(8-9-19-13)15(18)14(10-16)12-6-4-3-5-7-12;/h3-7,13-14H,2,8-11,16H2,1H3;1H. The molecule has 1 amide bonds. The van der Waals surface area contributed by atoms with Crippen LogP contribution in [0.1, 0.15) is 24.8 Å². The number of halogens is 1. The lowest BCUT2D eigenvalue weighted by Crippen LogP contribution is -2.48. The minimum atomic E-state index is -0.239. The molecule has 1 saturated heterocycles. The molecular formula is C15H23ClN2O2. The number of rotatable bonds is 4. The van der Waals surface area contributed by atoms with Crippen LogP contribution in [0.25, 0.3) is 0 Å². The number of hydrogen-bond acceptors (Lipinski definition) is 3. The number of hydrogen-bond donors (Lipinski definition) is 1. The van der Waals surface area contributed by atoms with E-state index in [1.165, 1.54) is 0 Å². The number of ether oxygens (including phenoxy) is 1. The van der Waals surface area contributed by atoms with Gasteiger partial charge in [0.1, 0.15) is 0 Å². The van der Waals surface area contributed by atoms with E-state index in [0.717, 1.165) is 12.0 Å². The molecule has 1 fully saturated rings. The molecule has 1 aliphatic rings. The Balaban J connectivity index is 0.00000200. The van der Waals surface area contributed by atoms with E-state index < -0.39 is 0 Å². The zero-order valence-corrected chi connectivity index (χ0v) is 12.6. The summed E-state index contributed by atoms with van der Waals surface area (Å²) in [6, 6.07) is 9.77. The molecule has 2 atom stereocenters. The van der Waals surface area contributed by atoms with Gasteiger partial charge in [-0.25, -0.2) is 0 Å². The van der Waals surface area contributed by atoms with Crippen LogP contribution in [0, 0.1) is 0 Å². The zero-order chi connectivity index (χ0) is 13.7. The van der Waals surface area contributed by atoms with Crippen molar-refractivity contribution < 1.29 is 9.53 Å². The average molecular weight is 299 g/mol. The van der Waals surface area contributed by atoms with Gasteiger partial charge in [-0.2, -0.15) is 0 Å². The molecule has 0 aromatic heterocycles. The van der Waals surface area contributed by atoms with Crippen molar-refractivity contribution in [2.75, 3.05) is 26.2 Å². The Labute approximate surface area is 126 Å². The molecule has 0 spiro atoms. The van der Waals surface area contributed by atoms with E-state index in [1.54, 1.807) is 0 Å². The molecule has 112 valence electrons. The molecule has 1 aliphatic heterocycles. The number of carbonyl (C=O) groups excluding carboxylic acids is 1. The van der Waals surface area contributed by atoms with Crippen molar-refractivity contribution in [3.8, 4) is 0 Å². The van der Waals surface area contributed by atoms with Crippen molar-refractivity contribution in [2.24, 2.45) is 5.73 Å². The van der Waals surface area contributed by atoms with E-state index >= 15 is 0 Å². The van der Waals surface area contributed by atoms with E-state index in [4.69, 9.17) is 10.5 Å². The lowest BCUT2D eigenvalue weighted by atomic mass is 9.97. The maximum Gasteiger partial charge on any atom is 0.231 e. The van der Waals surface area contributed by atoms with Crippen LogP contribution in [-0.4, -0.2) is 43.2 Å². The molecule has 0 aliphatic carbocycles. The summed E-state index contributed by atoms with van der Waals surface area (Å²) in [5.74, 6) is -0.118. The van der Waals surface area contributed by atoms with Gasteiger partial charge in [0.2, 0.25) is 5.91 Å². The van der Waals surface area contributed by atoms with Crippen molar-refractivity contribution in [1.29, 1.82) is 0 Å². The van der Waals surface area contributed by atoms with Crippen LogP contribution in [0.4, 0.5) is 0 Å². The molecule has 2 N–H and O–H groups in total. The van der Waals surface area contributed by atoms with Gasteiger partial charge in [-0.15, -0.1) is 12.4 Å². The smallest absolute Gasteiger partial charge is 0.231 e. The highest BCUT2D eigenvalue weighted by Crippen LogP contribution is 2.19. The van der Waals surface area contributed by atoms with Crippen LogP contribution in [0.2, 0.25) is 0 Å². The van der Waals surface area contributed by atoms with Crippen molar-refractivity contribution in [2.45, 2.75) is 25.4 Å². The second kappa shape index (κ2) is 8.25. The highest BCUT2D eigenvalue weighted by Gasteiger charge is 2.28. The molecule has 0 radical (unpaired) electrons. The first-order chi connectivity index (χ1) is 9.26. The molecule has 4 nitrogen and oxygen atoms in total. The first-order valence-electron chi connectivity index (χ1n) is 6.91. The van der Waals surface area contributed by atoms with Gasteiger partial charge in [0, 0.05) is 19.6 Å². The van der Waals surface area contributed by atoms with Crippen LogP contribution in [0.15, 0.2) is 30.3 Å². The van der Waals surface area contributed by atoms with Crippen LogP contribution < -0.4 is 5.73 Å². The third-order valence-corrected chi connectivity index (χ3v) is 3.64. The molecule has 0 bridgehead atoms. The molecule has 0 saturated carbocycles. The average Bonchev–Trinajstić information content (AvgIpc) is 2.49. The second-order valence-electron chi connectivity index (χ2n) is 4.88. The Bertz CT molecular complexity index is 414. The second-order valence-corrected chi connectivity index (χ2v) is 4.88. The number of carbonyl (C=O) groups is 1. The number of nitrogens with two attached hydrogens (primary N) is 1. The van der Waals surface area contributed by atoms with Crippen LogP contribution in [0.3, 0.4) is 0 Å². The Morgan fingerprint density at radius 1 is 1.45 bits per heavy atom. The molecule has 1 aromatic carbocycles. The van der Waals surface area contributed by atoms with Crippen LogP contribution >= 0.6 is 12.4 Å². The summed E-state index contributed by atoms with van der Waals surface area (Å²) in [7, 11) is 0. The Morgan fingerprint density at radius 3 is 2.75 bits per heavy atom. The number of benzene rings is 1. The first kappa shape index (κ1) is 17.0. The van der Waals surface area contributed by atoms with Gasteiger partial charge in [-0.3, -0.25) is 4.79 Å². The molecule has 1 heterocycles. The lowest BCUT2D eigenvalue weighted by molar-refractivity contribution is -0.140. The predicted molar refractivity (Wildman–Crippen MR) is 82.1 cm³/mol. The summed E-state index contributed by atoms with van der Waals surface area (Å²) in [4.78, 5) is 14.5. The summed E-state index contributed by atoms with van der Waals surface area (Å²) >= 11 is 0. The first-order valence-corrected chi connectivity index (χ1v) is 6.91. The van der Waals surface area contributed by atoms with Gasteiger partial charge in [0.05, 0.1) is 18.6 Å². The van der Waals surface area contributed by atoms with E-state index in [9.17, 15) is 4.79 Å². The monoisotopic (exact) mass is 298 g/mol. The Hall–Kier alpha value is -1.10. The Kier molecular flexibility index (Phi) is 6.99. The van der Waals surface area contributed by atoms with E-state index in [2.05, 4.69) is 6.92 Å². The van der Waals surface area contributed by atoms with Gasteiger partial charge in [0.25, 0.3) is 0 Å². The summed E-state index contributed by atoms with van der Waals surface area (Å²) in [5, 5.41) is 0. The summed E-state index contributed by atoms with van der Waals surface area (Å²) < 4.78 is 5.60. The fraction of sp³-hybridized carbons (Fsp3) is 0.533. The topological polar surface area (TPSA) is 55.6 Å². The highest BCUT2D eigenvalue weighted by molar-refractivity contribution is 5.85. The van der Waals surface area contributed by atoms with Crippen molar-refractivity contribution in [1.82, 2.24) is 4.90 Å². The normalized spacial score (nSPS) is 20.1.